The van der Waals surface area contributed by atoms with Crippen LogP contribution in [0.5, 0.6) is 5.75 Å². The van der Waals surface area contributed by atoms with Crippen LogP contribution in [0, 0.1) is 0 Å². The summed E-state index contributed by atoms with van der Waals surface area (Å²) in [6, 6.07) is 7.31. The van der Waals surface area contributed by atoms with Crippen LogP contribution in [0.4, 0.5) is 5.82 Å². The Morgan fingerprint density at radius 2 is 2.21 bits per heavy atom. The van der Waals surface area contributed by atoms with Gasteiger partial charge in [-0.05, 0) is 24.1 Å². The Morgan fingerprint density at radius 3 is 2.89 bits per heavy atom. The fourth-order valence-electron chi connectivity index (χ4n) is 1.90. The number of benzene rings is 1. The molecule has 19 heavy (non-hydrogen) atoms. The fraction of sp³-hybridized carbons (Fsp3) is 0.385. The number of rotatable bonds is 5. The molecule has 0 saturated heterocycles. The normalized spacial score (nSPS) is 10.9. The third-order valence-corrected chi connectivity index (χ3v) is 2.95. The average Bonchev–Trinajstić information content (AvgIpc) is 2.71. The zero-order valence-corrected chi connectivity index (χ0v) is 11.8. The van der Waals surface area contributed by atoms with E-state index < -0.39 is 0 Å². The van der Waals surface area contributed by atoms with Crippen molar-refractivity contribution in [1.29, 1.82) is 0 Å². The largest absolute Gasteiger partial charge is 0.492 e. The van der Waals surface area contributed by atoms with Crippen LogP contribution in [0.1, 0.15) is 25.5 Å². The summed E-state index contributed by atoms with van der Waals surface area (Å²) in [7, 11) is 0. The topological polar surface area (TPSA) is 66.0 Å². The van der Waals surface area contributed by atoms with Crippen LogP contribution in [0.3, 0.4) is 0 Å². The van der Waals surface area contributed by atoms with Gasteiger partial charge in [-0.15, -0.1) is 5.10 Å². The molecule has 0 amide bonds. The van der Waals surface area contributed by atoms with Gasteiger partial charge in [0.05, 0.1) is 12.2 Å². The number of hydrogen-bond acceptors (Lipinski definition) is 4. The predicted octanol–water partition coefficient (Wildman–Crippen LogP) is 2.72. The summed E-state index contributed by atoms with van der Waals surface area (Å²) in [5.74, 6) is 1.51. The number of nitrogens with two attached hydrogens (primary N) is 1. The van der Waals surface area contributed by atoms with E-state index in [1.54, 1.807) is 10.7 Å². The molecule has 1 aromatic carbocycles. The highest BCUT2D eigenvalue weighted by Gasteiger charge is 2.13. The van der Waals surface area contributed by atoms with Crippen molar-refractivity contribution in [3.63, 3.8) is 0 Å². The third kappa shape index (κ3) is 3.38. The van der Waals surface area contributed by atoms with Gasteiger partial charge in [0.1, 0.15) is 12.4 Å². The first-order valence-electron chi connectivity index (χ1n) is 6.15. The maximum absolute atomic E-state index is 5.89. The van der Waals surface area contributed by atoms with Crippen molar-refractivity contribution in [3.05, 3.63) is 35.0 Å². The van der Waals surface area contributed by atoms with Crippen LogP contribution < -0.4 is 10.5 Å². The summed E-state index contributed by atoms with van der Waals surface area (Å²) in [6.45, 7) is 5.21. The van der Waals surface area contributed by atoms with Crippen LogP contribution in [0.25, 0.3) is 0 Å². The predicted molar refractivity (Wildman–Crippen MR) is 75.5 cm³/mol. The summed E-state index contributed by atoms with van der Waals surface area (Å²) in [5, 5.41) is 8.57. The molecule has 2 N–H and O–H groups in total. The zero-order valence-electron chi connectivity index (χ0n) is 11.0. The van der Waals surface area contributed by atoms with Crippen LogP contribution in [-0.4, -0.2) is 21.6 Å². The van der Waals surface area contributed by atoms with E-state index in [4.69, 9.17) is 22.1 Å². The molecule has 6 heteroatoms. The number of ether oxygens (including phenoxy) is 1. The van der Waals surface area contributed by atoms with E-state index in [0.29, 0.717) is 24.0 Å². The standard InChI is InChI=1S/C13H17ClN4O/c1-9(2)12-13(15)16-17-18(12)6-7-19-11-5-3-4-10(14)8-11/h3-5,8-9H,6-7,15H2,1-2H3. The van der Waals surface area contributed by atoms with Crippen LogP contribution in [0.15, 0.2) is 24.3 Å². The molecule has 5 nitrogen and oxygen atoms in total. The molecule has 0 aliphatic carbocycles. The number of nitrogens with zero attached hydrogens (tertiary/aromatic N) is 3. The summed E-state index contributed by atoms with van der Waals surface area (Å²) in [6.07, 6.45) is 0. The molecule has 0 radical (unpaired) electrons. The van der Waals surface area contributed by atoms with Gasteiger partial charge in [0.2, 0.25) is 0 Å². The molecule has 0 saturated carbocycles. The number of halogens is 1. The first kappa shape index (κ1) is 13.7. The monoisotopic (exact) mass is 280 g/mol. The van der Waals surface area contributed by atoms with Crippen molar-refractivity contribution in [2.24, 2.45) is 0 Å². The first-order chi connectivity index (χ1) is 9.08. The molecular formula is C13H17ClN4O. The van der Waals surface area contributed by atoms with Crippen molar-refractivity contribution < 1.29 is 4.74 Å². The summed E-state index contributed by atoms with van der Waals surface area (Å²) in [5.41, 5.74) is 6.73. The lowest BCUT2D eigenvalue weighted by molar-refractivity contribution is 0.286. The van der Waals surface area contributed by atoms with Gasteiger partial charge in [-0.3, -0.25) is 0 Å². The van der Waals surface area contributed by atoms with Gasteiger partial charge in [0.15, 0.2) is 5.82 Å². The Morgan fingerprint density at radius 1 is 1.42 bits per heavy atom. The molecule has 2 aromatic rings. The molecule has 0 aliphatic rings. The van der Waals surface area contributed by atoms with Gasteiger partial charge in [-0.1, -0.05) is 36.7 Å². The van der Waals surface area contributed by atoms with Gasteiger partial charge in [0, 0.05) is 5.02 Å². The number of hydrogen-bond donors (Lipinski definition) is 1. The average molecular weight is 281 g/mol. The van der Waals surface area contributed by atoms with Crippen LogP contribution in [-0.2, 0) is 6.54 Å². The van der Waals surface area contributed by atoms with Gasteiger partial charge in [-0.25, -0.2) is 4.68 Å². The Bertz CT molecular complexity index is 553. The third-order valence-electron chi connectivity index (χ3n) is 2.72. The van der Waals surface area contributed by atoms with Crippen molar-refractivity contribution >= 4 is 17.4 Å². The number of anilines is 1. The highest BCUT2D eigenvalue weighted by atomic mass is 35.5. The van der Waals surface area contributed by atoms with Crippen LogP contribution >= 0.6 is 11.6 Å². The van der Waals surface area contributed by atoms with E-state index in [0.717, 1.165) is 11.4 Å². The molecule has 0 atom stereocenters. The fourth-order valence-corrected chi connectivity index (χ4v) is 2.08. The van der Waals surface area contributed by atoms with Crippen LogP contribution in [0.2, 0.25) is 5.02 Å². The number of aromatic nitrogens is 3. The molecule has 2 rings (SSSR count). The lowest BCUT2D eigenvalue weighted by Crippen LogP contribution is -2.13. The molecule has 1 heterocycles. The minimum atomic E-state index is 0.279. The SMILES string of the molecule is CC(C)c1c(N)nnn1CCOc1cccc(Cl)c1. The van der Waals surface area contributed by atoms with E-state index in [1.807, 2.05) is 18.2 Å². The second kappa shape index (κ2) is 5.93. The molecule has 0 fully saturated rings. The summed E-state index contributed by atoms with van der Waals surface area (Å²) < 4.78 is 7.40. The molecular weight excluding hydrogens is 264 g/mol. The lowest BCUT2D eigenvalue weighted by Gasteiger charge is -2.10. The van der Waals surface area contributed by atoms with Crippen molar-refractivity contribution in [2.45, 2.75) is 26.3 Å². The van der Waals surface area contributed by atoms with E-state index in [1.165, 1.54) is 0 Å². The van der Waals surface area contributed by atoms with Gasteiger partial charge in [-0.2, -0.15) is 0 Å². The van der Waals surface area contributed by atoms with E-state index in [9.17, 15) is 0 Å². The highest BCUT2D eigenvalue weighted by Crippen LogP contribution is 2.20. The molecule has 0 unspecified atom stereocenters. The van der Waals surface area contributed by atoms with E-state index in [-0.39, 0.29) is 5.92 Å². The molecule has 102 valence electrons. The molecule has 1 aromatic heterocycles. The zero-order chi connectivity index (χ0) is 13.8. The maximum atomic E-state index is 5.89. The Balaban J connectivity index is 1.96. The smallest absolute Gasteiger partial charge is 0.169 e. The summed E-state index contributed by atoms with van der Waals surface area (Å²) >= 11 is 5.89. The lowest BCUT2D eigenvalue weighted by atomic mass is 10.1. The molecule has 0 bridgehead atoms. The minimum Gasteiger partial charge on any atom is -0.492 e. The van der Waals surface area contributed by atoms with Crippen molar-refractivity contribution in [2.75, 3.05) is 12.3 Å². The first-order valence-corrected chi connectivity index (χ1v) is 6.53. The van der Waals surface area contributed by atoms with Crippen molar-refractivity contribution in [3.8, 4) is 5.75 Å². The maximum Gasteiger partial charge on any atom is 0.169 e. The quantitative estimate of drug-likeness (QED) is 0.914. The van der Waals surface area contributed by atoms with Gasteiger partial charge in [0.25, 0.3) is 0 Å². The van der Waals surface area contributed by atoms with Gasteiger partial charge >= 0.3 is 0 Å². The summed E-state index contributed by atoms with van der Waals surface area (Å²) in [4.78, 5) is 0. The second-order valence-electron chi connectivity index (χ2n) is 4.54. The Hall–Kier alpha value is -1.75. The minimum absolute atomic E-state index is 0.279. The molecule has 0 aliphatic heterocycles. The number of nitrogen functional groups attached to an aromatic ring is 1. The second-order valence-corrected chi connectivity index (χ2v) is 4.98. The van der Waals surface area contributed by atoms with Gasteiger partial charge < -0.3 is 10.5 Å². The molecule has 0 spiro atoms. The van der Waals surface area contributed by atoms with Crippen molar-refractivity contribution in [1.82, 2.24) is 15.0 Å². The highest BCUT2D eigenvalue weighted by molar-refractivity contribution is 6.30. The Labute approximate surface area is 117 Å². The Kier molecular flexibility index (Phi) is 4.27. The van der Waals surface area contributed by atoms with E-state index in [2.05, 4.69) is 24.2 Å². The van der Waals surface area contributed by atoms with E-state index >= 15 is 0 Å².